The highest BCUT2D eigenvalue weighted by molar-refractivity contribution is 7.99. The van der Waals surface area contributed by atoms with Gasteiger partial charge in [0.25, 0.3) is 0 Å². The van der Waals surface area contributed by atoms with Crippen molar-refractivity contribution in [2.24, 2.45) is 0 Å². The largest absolute Gasteiger partial charge is 0.391 e. The summed E-state index contributed by atoms with van der Waals surface area (Å²) in [6.07, 6.45) is 13.6. The molecule has 0 radical (unpaired) electrons. The molecule has 0 aliphatic heterocycles. The zero-order chi connectivity index (χ0) is 13.5. The van der Waals surface area contributed by atoms with E-state index in [4.69, 9.17) is 11.6 Å². The van der Waals surface area contributed by atoms with Crippen LogP contribution < -0.4 is 0 Å². The van der Waals surface area contributed by atoms with Gasteiger partial charge in [0.2, 0.25) is 0 Å². The number of thioether (sulfide) groups is 1. The van der Waals surface area contributed by atoms with Gasteiger partial charge < -0.3 is 5.11 Å². The molecular formula is C15H31ClOS. The lowest BCUT2D eigenvalue weighted by Crippen LogP contribution is -2.11. The van der Waals surface area contributed by atoms with Crippen LogP contribution in [0.15, 0.2) is 0 Å². The molecule has 1 unspecified atom stereocenters. The normalized spacial score (nSPS) is 12.8. The van der Waals surface area contributed by atoms with Gasteiger partial charge in [0.15, 0.2) is 0 Å². The molecule has 0 fully saturated rings. The predicted octanol–water partition coefficient (Wildman–Crippen LogP) is 5.24. The van der Waals surface area contributed by atoms with Crippen LogP contribution in [0, 0.1) is 0 Å². The molecule has 18 heavy (non-hydrogen) atoms. The van der Waals surface area contributed by atoms with Crippen molar-refractivity contribution in [3.8, 4) is 0 Å². The van der Waals surface area contributed by atoms with E-state index in [0.29, 0.717) is 5.88 Å². The van der Waals surface area contributed by atoms with Gasteiger partial charge in [-0.2, -0.15) is 11.8 Å². The standard InChI is InChI=1S/C15H31ClOS/c1-2-3-4-5-6-7-8-9-10-11-12-18-14-15(17)13-16/h15,17H,2-14H2,1H3. The van der Waals surface area contributed by atoms with Gasteiger partial charge in [-0.1, -0.05) is 64.7 Å². The molecule has 0 aliphatic carbocycles. The quantitative estimate of drug-likeness (QED) is 0.349. The van der Waals surface area contributed by atoms with E-state index in [2.05, 4.69) is 6.92 Å². The Bertz CT molecular complexity index is 155. The Morgan fingerprint density at radius 3 is 1.89 bits per heavy atom. The highest BCUT2D eigenvalue weighted by atomic mass is 35.5. The summed E-state index contributed by atoms with van der Waals surface area (Å²) in [7, 11) is 0. The molecule has 0 aromatic carbocycles. The summed E-state index contributed by atoms with van der Waals surface area (Å²) >= 11 is 7.36. The highest BCUT2D eigenvalue weighted by Gasteiger charge is 2.00. The Morgan fingerprint density at radius 2 is 1.39 bits per heavy atom. The summed E-state index contributed by atoms with van der Waals surface area (Å²) in [4.78, 5) is 0. The first-order chi connectivity index (χ1) is 8.81. The van der Waals surface area contributed by atoms with E-state index in [0.717, 1.165) is 5.75 Å². The molecule has 3 heteroatoms. The molecule has 0 heterocycles. The van der Waals surface area contributed by atoms with Gasteiger partial charge in [0, 0.05) is 11.6 Å². The Morgan fingerprint density at radius 1 is 0.889 bits per heavy atom. The summed E-state index contributed by atoms with van der Waals surface area (Å²) in [6, 6.07) is 0. The maximum Gasteiger partial charge on any atom is 0.0765 e. The topological polar surface area (TPSA) is 20.2 Å². The van der Waals surface area contributed by atoms with Crippen LogP contribution >= 0.6 is 23.4 Å². The van der Waals surface area contributed by atoms with E-state index < -0.39 is 0 Å². The van der Waals surface area contributed by atoms with Gasteiger partial charge in [-0.25, -0.2) is 0 Å². The number of hydrogen-bond donors (Lipinski definition) is 1. The number of rotatable bonds is 14. The summed E-state index contributed by atoms with van der Waals surface area (Å²) in [5.41, 5.74) is 0. The third-order valence-corrected chi connectivity index (χ3v) is 4.68. The van der Waals surface area contributed by atoms with Crippen LogP contribution in [0.25, 0.3) is 0 Å². The lowest BCUT2D eigenvalue weighted by molar-refractivity contribution is 0.223. The van der Waals surface area contributed by atoms with Gasteiger partial charge in [-0.3, -0.25) is 0 Å². The number of halogens is 1. The first kappa shape index (κ1) is 18.6. The fraction of sp³-hybridized carbons (Fsp3) is 1.00. The second kappa shape index (κ2) is 15.7. The van der Waals surface area contributed by atoms with E-state index in [1.54, 1.807) is 0 Å². The van der Waals surface area contributed by atoms with Crippen LogP contribution in [0.4, 0.5) is 0 Å². The minimum atomic E-state index is -0.320. The zero-order valence-electron chi connectivity index (χ0n) is 12.0. The molecule has 1 N–H and O–H groups in total. The molecule has 0 aromatic heterocycles. The van der Waals surface area contributed by atoms with Crippen LogP contribution in [0.2, 0.25) is 0 Å². The number of aliphatic hydroxyl groups excluding tert-OH is 1. The van der Waals surface area contributed by atoms with Gasteiger partial charge in [-0.15, -0.1) is 11.6 Å². The monoisotopic (exact) mass is 294 g/mol. The molecule has 0 bridgehead atoms. The molecule has 1 atom stereocenters. The molecule has 0 saturated heterocycles. The fourth-order valence-electron chi connectivity index (χ4n) is 1.96. The Hall–Kier alpha value is 0.600. The summed E-state index contributed by atoms with van der Waals surface area (Å²) in [6.45, 7) is 2.27. The van der Waals surface area contributed by atoms with Gasteiger partial charge in [0.05, 0.1) is 6.10 Å². The van der Waals surface area contributed by atoms with Crippen molar-refractivity contribution in [1.29, 1.82) is 0 Å². The van der Waals surface area contributed by atoms with E-state index >= 15 is 0 Å². The van der Waals surface area contributed by atoms with Crippen molar-refractivity contribution < 1.29 is 5.11 Å². The minimum absolute atomic E-state index is 0.320. The summed E-state index contributed by atoms with van der Waals surface area (Å²) < 4.78 is 0. The van der Waals surface area contributed by atoms with E-state index in [9.17, 15) is 5.11 Å². The van der Waals surface area contributed by atoms with E-state index in [1.165, 1.54) is 70.0 Å². The van der Waals surface area contributed by atoms with E-state index in [-0.39, 0.29) is 6.10 Å². The third kappa shape index (κ3) is 14.7. The van der Waals surface area contributed by atoms with E-state index in [1.807, 2.05) is 11.8 Å². The molecule has 1 nitrogen and oxygen atoms in total. The second-order valence-electron chi connectivity index (χ2n) is 5.07. The second-order valence-corrected chi connectivity index (χ2v) is 6.52. The molecule has 0 saturated carbocycles. The van der Waals surface area contributed by atoms with Crippen molar-refractivity contribution in [2.75, 3.05) is 17.4 Å². The van der Waals surface area contributed by atoms with Crippen LogP contribution in [0.1, 0.15) is 71.1 Å². The fourth-order valence-corrected chi connectivity index (χ4v) is 3.16. The lowest BCUT2D eigenvalue weighted by Gasteiger charge is -2.06. The van der Waals surface area contributed by atoms with Crippen LogP contribution in [-0.4, -0.2) is 28.6 Å². The number of alkyl halides is 1. The Labute approximate surface area is 123 Å². The molecular weight excluding hydrogens is 264 g/mol. The molecule has 0 aliphatic rings. The van der Waals surface area contributed by atoms with Crippen molar-refractivity contribution in [3.63, 3.8) is 0 Å². The molecule has 0 spiro atoms. The number of unbranched alkanes of at least 4 members (excludes halogenated alkanes) is 9. The number of aliphatic hydroxyl groups is 1. The van der Waals surface area contributed by atoms with Crippen molar-refractivity contribution in [2.45, 2.75) is 77.2 Å². The maximum absolute atomic E-state index is 9.27. The Kier molecular flexibility index (Phi) is 16.2. The summed E-state index contributed by atoms with van der Waals surface area (Å²) in [5, 5.41) is 9.27. The molecule has 110 valence electrons. The van der Waals surface area contributed by atoms with Gasteiger partial charge >= 0.3 is 0 Å². The minimum Gasteiger partial charge on any atom is -0.391 e. The molecule has 0 amide bonds. The van der Waals surface area contributed by atoms with Crippen molar-refractivity contribution >= 4 is 23.4 Å². The average Bonchev–Trinajstić information content (AvgIpc) is 2.39. The predicted molar refractivity (Wildman–Crippen MR) is 85.9 cm³/mol. The molecule has 0 rings (SSSR count). The van der Waals surface area contributed by atoms with Crippen LogP contribution in [0.5, 0.6) is 0 Å². The lowest BCUT2D eigenvalue weighted by atomic mass is 10.1. The van der Waals surface area contributed by atoms with Crippen LogP contribution in [0.3, 0.4) is 0 Å². The van der Waals surface area contributed by atoms with Crippen LogP contribution in [-0.2, 0) is 0 Å². The number of hydrogen-bond acceptors (Lipinski definition) is 2. The van der Waals surface area contributed by atoms with Crippen molar-refractivity contribution in [3.05, 3.63) is 0 Å². The SMILES string of the molecule is CCCCCCCCCCCCSCC(O)CCl. The smallest absolute Gasteiger partial charge is 0.0765 e. The van der Waals surface area contributed by atoms with Gasteiger partial charge in [-0.05, 0) is 12.2 Å². The Balaban J connectivity index is 2.94. The molecule has 0 aromatic rings. The van der Waals surface area contributed by atoms with Gasteiger partial charge in [0.1, 0.15) is 0 Å². The average molecular weight is 295 g/mol. The zero-order valence-corrected chi connectivity index (χ0v) is 13.6. The first-order valence-electron chi connectivity index (χ1n) is 7.63. The van der Waals surface area contributed by atoms with Crippen molar-refractivity contribution in [1.82, 2.24) is 0 Å². The summed E-state index contributed by atoms with van der Waals surface area (Å²) in [5.74, 6) is 2.33. The third-order valence-electron chi connectivity index (χ3n) is 3.13. The maximum atomic E-state index is 9.27. The first-order valence-corrected chi connectivity index (χ1v) is 9.32. The highest BCUT2D eigenvalue weighted by Crippen LogP contribution is 2.13.